The summed E-state index contributed by atoms with van der Waals surface area (Å²) < 4.78 is 29.1. The maximum atomic E-state index is 14.4. The molecule has 0 spiro atoms. The number of carbonyl (C=O) groups excluding carboxylic acids is 2. The molecule has 0 unspecified atom stereocenters. The SMILES string of the molecule is CCNC(=O)[C@@H](Cc1ccccc1)N(Cc1ccc(Cl)cc1Cl)C(=O)CN(c1cccc(C)c1)S(=O)(=O)c1ccccc1. The molecule has 7 nitrogen and oxygen atoms in total. The van der Waals surface area contributed by atoms with Crippen molar-refractivity contribution < 1.29 is 18.0 Å². The highest BCUT2D eigenvalue weighted by Crippen LogP contribution is 2.27. The molecule has 0 saturated heterocycles. The van der Waals surface area contributed by atoms with Crippen molar-refractivity contribution in [3.05, 3.63) is 130 Å². The van der Waals surface area contributed by atoms with Crippen molar-refractivity contribution in [2.24, 2.45) is 0 Å². The van der Waals surface area contributed by atoms with Crippen LogP contribution in [0.5, 0.6) is 0 Å². The van der Waals surface area contributed by atoms with E-state index in [4.69, 9.17) is 23.2 Å². The van der Waals surface area contributed by atoms with Gasteiger partial charge in [0.25, 0.3) is 10.0 Å². The third-order valence-electron chi connectivity index (χ3n) is 6.88. The lowest BCUT2D eigenvalue weighted by molar-refractivity contribution is -0.140. The standard InChI is InChI=1S/C33H33Cl2N3O4S/c1-3-36-33(40)31(20-25-12-6-4-7-13-25)37(22-26-17-18-27(34)21-30(26)35)32(39)23-38(28-14-10-11-24(2)19-28)43(41,42)29-15-8-5-9-16-29/h4-19,21,31H,3,20,22-23H2,1-2H3,(H,36,40)/t31-/m1/s1. The second-order valence-corrected chi connectivity index (χ2v) is 12.7. The van der Waals surface area contributed by atoms with E-state index in [2.05, 4.69) is 5.32 Å². The van der Waals surface area contributed by atoms with E-state index >= 15 is 0 Å². The Balaban J connectivity index is 1.81. The molecule has 0 saturated carbocycles. The van der Waals surface area contributed by atoms with E-state index in [0.717, 1.165) is 15.4 Å². The molecule has 1 N–H and O–H groups in total. The number of hydrogen-bond donors (Lipinski definition) is 1. The van der Waals surface area contributed by atoms with Crippen LogP contribution < -0.4 is 9.62 Å². The summed E-state index contributed by atoms with van der Waals surface area (Å²) in [5.74, 6) is -0.933. The largest absolute Gasteiger partial charge is 0.355 e. The topological polar surface area (TPSA) is 86.8 Å². The van der Waals surface area contributed by atoms with Crippen LogP contribution in [-0.4, -0.2) is 44.3 Å². The first-order chi connectivity index (χ1) is 20.6. The maximum absolute atomic E-state index is 14.4. The Kier molecular flexibility index (Phi) is 10.9. The van der Waals surface area contributed by atoms with Gasteiger partial charge in [0.15, 0.2) is 0 Å². The molecule has 0 aromatic heterocycles. The molecule has 0 heterocycles. The van der Waals surface area contributed by atoms with Crippen molar-refractivity contribution in [3.8, 4) is 0 Å². The summed E-state index contributed by atoms with van der Waals surface area (Å²) in [7, 11) is -4.16. The number of carbonyl (C=O) groups is 2. The first-order valence-corrected chi connectivity index (χ1v) is 16.0. The number of nitrogens with one attached hydrogen (secondary N) is 1. The van der Waals surface area contributed by atoms with E-state index in [0.29, 0.717) is 27.8 Å². The fourth-order valence-electron chi connectivity index (χ4n) is 4.71. The highest BCUT2D eigenvalue weighted by atomic mass is 35.5. The summed E-state index contributed by atoms with van der Waals surface area (Å²) in [6, 6.07) is 28.2. The van der Waals surface area contributed by atoms with Crippen LogP contribution in [-0.2, 0) is 32.6 Å². The summed E-state index contributed by atoms with van der Waals surface area (Å²) >= 11 is 12.7. The van der Waals surface area contributed by atoms with Gasteiger partial charge < -0.3 is 10.2 Å². The maximum Gasteiger partial charge on any atom is 0.264 e. The molecule has 0 aliphatic carbocycles. The van der Waals surface area contributed by atoms with Crippen LogP contribution in [0.4, 0.5) is 5.69 Å². The van der Waals surface area contributed by atoms with Gasteiger partial charge in [0, 0.05) is 29.6 Å². The Morgan fingerprint density at radius 3 is 2.16 bits per heavy atom. The highest BCUT2D eigenvalue weighted by molar-refractivity contribution is 7.92. The van der Waals surface area contributed by atoms with Crippen LogP contribution in [0.2, 0.25) is 10.0 Å². The van der Waals surface area contributed by atoms with E-state index in [1.807, 2.05) is 43.3 Å². The predicted molar refractivity (Wildman–Crippen MR) is 172 cm³/mol. The lowest BCUT2D eigenvalue weighted by Gasteiger charge is -2.34. The van der Waals surface area contributed by atoms with Gasteiger partial charge in [-0.3, -0.25) is 13.9 Å². The zero-order valence-corrected chi connectivity index (χ0v) is 26.2. The molecular weight excluding hydrogens is 605 g/mol. The fourth-order valence-corrected chi connectivity index (χ4v) is 6.61. The Labute approximate surface area is 263 Å². The van der Waals surface area contributed by atoms with Crippen molar-refractivity contribution in [1.82, 2.24) is 10.2 Å². The fraction of sp³-hybridized carbons (Fsp3) is 0.212. The minimum Gasteiger partial charge on any atom is -0.355 e. The number of halogens is 2. The second kappa shape index (κ2) is 14.6. The molecule has 0 fully saturated rings. The van der Waals surface area contributed by atoms with Crippen molar-refractivity contribution >= 4 is 50.7 Å². The Hall–Kier alpha value is -3.85. The van der Waals surface area contributed by atoms with Gasteiger partial charge in [0.2, 0.25) is 11.8 Å². The van der Waals surface area contributed by atoms with Gasteiger partial charge in [0.1, 0.15) is 12.6 Å². The second-order valence-electron chi connectivity index (χ2n) is 10.0. The van der Waals surface area contributed by atoms with Crippen LogP contribution in [0.25, 0.3) is 0 Å². The van der Waals surface area contributed by atoms with Crippen LogP contribution >= 0.6 is 23.2 Å². The molecule has 0 aliphatic rings. The number of hydrogen-bond acceptors (Lipinski definition) is 4. The zero-order chi connectivity index (χ0) is 31.0. The quantitative estimate of drug-likeness (QED) is 0.198. The van der Waals surface area contributed by atoms with E-state index in [1.165, 1.54) is 17.0 Å². The smallest absolute Gasteiger partial charge is 0.264 e. The van der Waals surface area contributed by atoms with Crippen LogP contribution in [0.15, 0.2) is 108 Å². The first kappa shape index (κ1) is 32.1. The molecule has 4 rings (SSSR count). The molecule has 43 heavy (non-hydrogen) atoms. The molecule has 1 atom stereocenters. The average Bonchev–Trinajstić information content (AvgIpc) is 2.99. The van der Waals surface area contributed by atoms with Crippen molar-refractivity contribution in [2.45, 2.75) is 37.8 Å². The molecule has 4 aromatic rings. The van der Waals surface area contributed by atoms with Crippen molar-refractivity contribution in [3.63, 3.8) is 0 Å². The number of aryl methyl sites for hydroxylation is 1. The molecule has 0 radical (unpaired) electrons. The highest BCUT2D eigenvalue weighted by Gasteiger charge is 2.34. The lowest BCUT2D eigenvalue weighted by atomic mass is 10.0. The van der Waals surface area contributed by atoms with E-state index < -0.39 is 28.5 Å². The van der Waals surface area contributed by atoms with Crippen LogP contribution in [0.1, 0.15) is 23.6 Å². The van der Waals surface area contributed by atoms with Gasteiger partial charge >= 0.3 is 0 Å². The van der Waals surface area contributed by atoms with Gasteiger partial charge in [-0.25, -0.2) is 8.42 Å². The third-order valence-corrected chi connectivity index (χ3v) is 9.25. The average molecular weight is 639 g/mol. The zero-order valence-electron chi connectivity index (χ0n) is 23.9. The lowest BCUT2D eigenvalue weighted by Crippen LogP contribution is -2.53. The van der Waals surface area contributed by atoms with Crippen LogP contribution in [0, 0.1) is 6.92 Å². The predicted octanol–water partition coefficient (Wildman–Crippen LogP) is 6.27. The minimum atomic E-state index is -4.16. The summed E-state index contributed by atoms with van der Waals surface area (Å²) in [5, 5.41) is 3.59. The Morgan fingerprint density at radius 2 is 1.53 bits per heavy atom. The van der Waals surface area contributed by atoms with Crippen molar-refractivity contribution in [1.29, 1.82) is 0 Å². The molecule has 0 bridgehead atoms. The van der Waals surface area contributed by atoms with Gasteiger partial charge in [0.05, 0.1) is 10.6 Å². The number of likely N-dealkylation sites (N-methyl/N-ethyl adjacent to an activating group) is 1. The minimum absolute atomic E-state index is 0.0427. The molecule has 2 amide bonds. The number of anilines is 1. The summed E-state index contributed by atoms with van der Waals surface area (Å²) in [4.78, 5) is 29.4. The van der Waals surface area contributed by atoms with Crippen molar-refractivity contribution in [2.75, 3.05) is 17.4 Å². The van der Waals surface area contributed by atoms with E-state index in [-0.39, 0.29) is 23.8 Å². The van der Waals surface area contributed by atoms with E-state index in [1.54, 1.807) is 61.5 Å². The number of rotatable bonds is 12. The normalized spacial score (nSPS) is 11.9. The van der Waals surface area contributed by atoms with Gasteiger partial charge in [-0.15, -0.1) is 0 Å². The molecule has 10 heteroatoms. The van der Waals surface area contributed by atoms with Gasteiger partial charge in [-0.05, 0) is 66.9 Å². The molecular formula is C33H33Cl2N3O4S. The number of nitrogens with zero attached hydrogens (tertiary/aromatic N) is 2. The number of benzene rings is 4. The molecule has 0 aliphatic heterocycles. The molecule has 224 valence electrons. The number of amides is 2. The van der Waals surface area contributed by atoms with Gasteiger partial charge in [-0.2, -0.15) is 0 Å². The monoisotopic (exact) mass is 637 g/mol. The molecule has 4 aromatic carbocycles. The van der Waals surface area contributed by atoms with Gasteiger partial charge in [-0.1, -0.05) is 89.9 Å². The first-order valence-electron chi connectivity index (χ1n) is 13.8. The third kappa shape index (κ3) is 8.16. The van der Waals surface area contributed by atoms with Crippen LogP contribution in [0.3, 0.4) is 0 Å². The summed E-state index contributed by atoms with van der Waals surface area (Å²) in [6.45, 7) is 3.41. The summed E-state index contributed by atoms with van der Waals surface area (Å²) in [5.41, 5.74) is 2.56. The Morgan fingerprint density at radius 1 is 0.860 bits per heavy atom. The summed E-state index contributed by atoms with van der Waals surface area (Å²) in [6.07, 6.45) is 0.208. The van der Waals surface area contributed by atoms with E-state index in [9.17, 15) is 18.0 Å². The Bertz CT molecular complexity index is 1670. The number of sulfonamides is 1.